The molecule has 3 aromatic carbocycles. The number of hydrogen-bond acceptors (Lipinski definition) is 5. The molecule has 0 fully saturated rings. The number of amides is 1. The maximum Gasteiger partial charge on any atom is 0.338 e. The lowest BCUT2D eigenvalue weighted by molar-refractivity contribution is -0.123. The normalized spacial score (nSPS) is 12.1. The van der Waals surface area contributed by atoms with Crippen molar-refractivity contribution in [3.63, 3.8) is 0 Å². The zero-order chi connectivity index (χ0) is 23.1. The number of esters is 1. The van der Waals surface area contributed by atoms with Crippen molar-refractivity contribution in [3.05, 3.63) is 95.0 Å². The first-order chi connectivity index (χ1) is 15.3. The fraction of sp³-hybridized carbons (Fsp3) is 0.130. The minimum absolute atomic E-state index is 0.0445. The van der Waals surface area contributed by atoms with Gasteiger partial charge in [-0.05, 0) is 42.8 Å². The maximum atomic E-state index is 12.7. The van der Waals surface area contributed by atoms with E-state index in [2.05, 4.69) is 10.0 Å². The first-order valence-corrected chi connectivity index (χ1v) is 11.5. The minimum Gasteiger partial charge on any atom is -0.449 e. The molecule has 0 aliphatic heterocycles. The SMILES string of the molecule is CC(OC(=O)c1ccc(Cl)c(S(=O)(=O)NCc2ccccc2)c1)C(=O)Nc1ccccc1. The molecule has 0 bridgehead atoms. The molecule has 7 nitrogen and oxygen atoms in total. The summed E-state index contributed by atoms with van der Waals surface area (Å²) in [5, 5.41) is 2.59. The summed E-state index contributed by atoms with van der Waals surface area (Å²) in [5.74, 6) is -1.37. The topological polar surface area (TPSA) is 102 Å². The predicted octanol–water partition coefficient (Wildman–Crippen LogP) is 4.00. The summed E-state index contributed by atoms with van der Waals surface area (Å²) >= 11 is 6.08. The smallest absolute Gasteiger partial charge is 0.338 e. The summed E-state index contributed by atoms with van der Waals surface area (Å²) in [6, 6.07) is 21.4. The molecule has 0 heterocycles. The van der Waals surface area contributed by atoms with Crippen molar-refractivity contribution in [2.45, 2.75) is 24.5 Å². The third-order valence-electron chi connectivity index (χ3n) is 4.46. The molecule has 9 heteroatoms. The summed E-state index contributed by atoms with van der Waals surface area (Å²) in [5.41, 5.74) is 1.28. The van der Waals surface area contributed by atoms with Gasteiger partial charge in [0, 0.05) is 12.2 Å². The van der Waals surface area contributed by atoms with E-state index < -0.39 is 28.0 Å². The second kappa shape index (κ2) is 10.4. The molecule has 2 N–H and O–H groups in total. The highest BCUT2D eigenvalue weighted by Crippen LogP contribution is 2.23. The highest BCUT2D eigenvalue weighted by atomic mass is 35.5. The molecule has 1 unspecified atom stereocenters. The minimum atomic E-state index is -4.00. The lowest BCUT2D eigenvalue weighted by atomic mass is 10.2. The molecule has 0 aliphatic carbocycles. The molecule has 0 saturated carbocycles. The molecule has 166 valence electrons. The van der Waals surface area contributed by atoms with E-state index in [0.29, 0.717) is 5.69 Å². The van der Waals surface area contributed by atoms with Crippen LogP contribution >= 0.6 is 11.6 Å². The van der Waals surface area contributed by atoms with Crippen LogP contribution in [0.5, 0.6) is 0 Å². The standard InChI is InChI=1S/C23H21ClN2O5S/c1-16(22(27)26-19-10-6-3-7-11-19)31-23(28)18-12-13-20(24)21(14-18)32(29,30)25-15-17-8-4-2-5-9-17/h2-14,16,25H,15H2,1H3,(H,26,27). The number of nitrogens with one attached hydrogen (secondary N) is 2. The molecule has 0 aromatic heterocycles. The van der Waals surface area contributed by atoms with E-state index in [9.17, 15) is 18.0 Å². The predicted molar refractivity (Wildman–Crippen MR) is 122 cm³/mol. The van der Waals surface area contributed by atoms with Gasteiger partial charge in [-0.1, -0.05) is 60.1 Å². The molecule has 0 aliphatic rings. The molecule has 0 saturated heterocycles. The number of carbonyl (C=O) groups is 2. The van der Waals surface area contributed by atoms with Crippen LogP contribution in [-0.4, -0.2) is 26.4 Å². The van der Waals surface area contributed by atoms with Gasteiger partial charge in [0.25, 0.3) is 5.91 Å². The number of halogens is 1. The Morgan fingerprint density at radius 1 is 0.969 bits per heavy atom. The summed E-state index contributed by atoms with van der Waals surface area (Å²) in [6.07, 6.45) is -1.10. The number of anilines is 1. The summed E-state index contributed by atoms with van der Waals surface area (Å²) < 4.78 is 33.1. The second-order valence-corrected chi connectivity index (χ2v) is 9.00. The third kappa shape index (κ3) is 6.16. The lowest BCUT2D eigenvalue weighted by Gasteiger charge is -2.14. The van der Waals surface area contributed by atoms with Gasteiger partial charge >= 0.3 is 5.97 Å². The molecule has 32 heavy (non-hydrogen) atoms. The van der Waals surface area contributed by atoms with Crippen molar-refractivity contribution in [1.29, 1.82) is 0 Å². The third-order valence-corrected chi connectivity index (χ3v) is 6.34. The Morgan fingerprint density at radius 2 is 1.59 bits per heavy atom. The number of ether oxygens (including phenoxy) is 1. The van der Waals surface area contributed by atoms with Gasteiger partial charge in [0.05, 0.1) is 10.6 Å². The van der Waals surface area contributed by atoms with E-state index in [0.717, 1.165) is 11.6 Å². The van der Waals surface area contributed by atoms with Gasteiger partial charge in [-0.25, -0.2) is 17.9 Å². The molecular weight excluding hydrogens is 452 g/mol. The Morgan fingerprint density at radius 3 is 2.25 bits per heavy atom. The van der Waals surface area contributed by atoms with E-state index in [1.807, 2.05) is 6.07 Å². The van der Waals surface area contributed by atoms with E-state index in [4.69, 9.17) is 16.3 Å². The van der Waals surface area contributed by atoms with Crippen molar-refractivity contribution in [2.24, 2.45) is 0 Å². The Kier molecular flexibility index (Phi) is 7.63. The van der Waals surface area contributed by atoms with Crippen LogP contribution in [0.2, 0.25) is 5.02 Å². The molecular formula is C23H21ClN2O5S. The van der Waals surface area contributed by atoms with Crippen LogP contribution in [0.15, 0.2) is 83.8 Å². The highest BCUT2D eigenvalue weighted by molar-refractivity contribution is 7.89. The maximum absolute atomic E-state index is 12.7. The van der Waals surface area contributed by atoms with E-state index in [1.54, 1.807) is 54.6 Å². The second-order valence-electron chi connectivity index (χ2n) is 6.86. The first-order valence-electron chi connectivity index (χ1n) is 9.66. The van der Waals surface area contributed by atoms with Crippen LogP contribution < -0.4 is 10.0 Å². The van der Waals surface area contributed by atoms with E-state index in [1.165, 1.54) is 19.1 Å². The largest absolute Gasteiger partial charge is 0.449 e. The molecule has 0 spiro atoms. The van der Waals surface area contributed by atoms with Crippen molar-refractivity contribution in [3.8, 4) is 0 Å². The summed E-state index contributed by atoms with van der Waals surface area (Å²) in [7, 11) is -4.00. The van der Waals surface area contributed by atoms with Crippen molar-refractivity contribution in [2.75, 3.05) is 5.32 Å². The van der Waals surface area contributed by atoms with Crippen LogP contribution in [0.1, 0.15) is 22.8 Å². The van der Waals surface area contributed by atoms with Crippen LogP contribution in [-0.2, 0) is 26.1 Å². The van der Waals surface area contributed by atoms with Crippen molar-refractivity contribution in [1.82, 2.24) is 4.72 Å². The number of sulfonamides is 1. The lowest BCUT2D eigenvalue weighted by Crippen LogP contribution is -2.30. The summed E-state index contributed by atoms with van der Waals surface area (Å²) in [4.78, 5) is 24.5. The molecule has 0 radical (unpaired) electrons. The number of benzene rings is 3. The average Bonchev–Trinajstić information content (AvgIpc) is 2.79. The Hall–Kier alpha value is -3.20. The average molecular weight is 473 g/mol. The number of rotatable bonds is 8. The Bertz CT molecular complexity index is 1200. The quantitative estimate of drug-likeness (QED) is 0.482. The van der Waals surface area contributed by atoms with Crippen molar-refractivity contribution >= 4 is 39.2 Å². The molecule has 3 rings (SSSR count). The fourth-order valence-electron chi connectivity index (χ4n) is 2.74. The van der Waals surface area contributed by atoms with Crippen LogP contribution in [0.3, 0.4) is 0 Å². The zero-order valence-electron chi connectivity index (χ0n) is 17.1. The molecule has 1 amide bonds. The van der Waals surface area contributed by atoms with Crippen LogP contribution in [0.4, 0.5) is 5.69 Å². The van der Waals surface area contributed by atoms with E-state index >= 15 is 0 Å². The van der Waals surface area contributed by atoms with Crippen molar-refractivity contribution < 1.29 is 22.7 Å². The number of para-hydroxylation sites is 1. The van der Waals surface area contributed by atoms with E-state index in [-0.39, 0.29) is 22.0 Å². The van der Waals surface area contributed by atoms with Gasteiger partial charge < -0.3 is 10.1 Å². The fourth-order valence-corrected chi connectivity index (χ4v) is 4.28. The Balaban J connectivity index is 1.69. The van der Waals surface area contributed by atoms with Gasteiger partial charge in [0.2, 0.25) is 10.0 Å². The molecule has 3 aromatic rings. The van der Waals surface area contributed by atoms with Gasteiger partial charge in [-0.2, -0.15) is 0 Å². The van der Waals surface area contributed by atoms with Gasteiger partial charge in [-0.15, -0.1) is 0 Å². The summed E-state index contributed by atoms with van der Waals surface area (Å²) in [6.45, 7) is 1.48. The van der Waals surface area contributed by atoms with Crippen LogP contribution in [0, 0.1) is 0 Å². The zero-order valence-corrected chi connectivity index (χ0v) is 18.7. The van der Waals surface area contributed by atoms with Gasteiger partial charge in [0.15, 0.2) is 6.10 Å². The monoisotopic (exact) mass is 472 g/mol. The Labute approximate surface area is 191 Å². The first kappa shape index (κ1) is 23.5. The molecule has 1 atom stereocenters. The van der Waals surface area contributed by atoms with Crippen LogP contribution in [0.25, 0.3) is 0 Å². The number of hydrogen-bond donors (Lipinski definition) is 2. The van der Waals surface area contributed by atoms with Gasteiger partial charge in [0.1, 0.15) is 4.90 Å². The van der Waals surface area contributed by atoms with Gasteiger partial charge in [-0.3, -0.25) is 4.79 Å². The number of carbonyl (C=O) groups excluding carboxylic acids is 2. The highest BCUT2D eigenvalue weighted by Gasteiger charge is 2.23.